The van der Waals surface area contributed by atoms with Crippen LogP contribution in [0.4, 0.5) is 10.1 Å². The highest BCUT2D eigenvalue weighted by Crippen LogP contribution is 2.33. The van der Waals surface area contributed by atoms with Gasteiger partial charge in [-0.25, -0.2) is 4.39 Å². The molecule has 22 heavy (non-hydrogen) atoms. The molecule has 0 aliphatic heterocycles. The maximum Gasteiger partial charge on any atom is 0.149 e. The molecule has 0 radical (unpaired) electrons. The Morgan fingerprint density at radius 1 is 1.32 bits per heavy atom. The van der Waals surface area contributed by atoms with E-state index >= 15 is 0 Å². The van der Waals surface area contributed by atoms with Crippen molar-refractivity contribution < 1.29 is 9.13 Å². The second kappa shape index (κ2) is 5.65. The van der Waals surface area contributed by atoms with E-state index in [-0.39, 0.29) is 16.5 Å². The van der Waals surface area contributed by atoms with Crippen LogP contribution < -0.4 is 10.5 Å². The van der Waals surface area contributed by atoms with Crippen LogP contribution in [-0.2, 0) is 7.05 Å². The van der Waals surface area contributed by atoms with Crippen LogP contribution in [0.2, 0.25) is 5.02 Å². The first-order chi connectivity index (χ1) is 10.5. The Morgan fingerprint density at radius 2 is 2.14 bits per heavy atom. The fourth-order valence-corrected chi connectivity index (χ4v) is 2.15. The molecule has 0 bridgehead atoms. The minimum atomic E-state index is -0.582. The van der Waals surface area contributed by atoms with Crippen LogP contribution in [0.1, 0.15) is 0 Å². The molecule has 0 fully saturated rings. The molecule has 1 aromatic carbocycles. The maximum absolute atomic E-state index is 13.5. The second-order valence-corrected chi connectivity index (χ2v) is 5.09. The lowest BCUT2D eigenvalue weighted by Crippen LogP contribution is -1.93. The van der Waals surface area contributed by atoms with Crippen molar-refractivity contribution in [2.75, 3.05) is 5.73 Å². The molecule has 0 aliphatic carbocycles. The van der Waals surface area contributed by atoms with E-state index < -0.39 is 5.82 Å². The number of halogens is 2. The highest BCUT2D eigenvalue weighted by atomic mass is 35.5. The number of nitrogens with zero attached hydrogens (tertiary/aromatic N) is 3. The monoisotopic (exact) mass is 318 g/mol. The Kier molecular flexibility index (Phi) is 3.68. The van der Waals surface area contributed by atoms with Crippen LogP contribution in [0.5, 0.6) is 11.5 Å². The summed E-state index contributed by atoms with van der Waals surface area (Å²) in [5.41, 5.74) is 6.97. The molecular formula is C15H12ClFN4O. The molecule has 0 unspecified atom stereocenters. The molecule has 0 saturated heterocycles. The lowest BCUT2D eigenvalue weighted by atomic mass is 10.2. The van der Waals surface area contributed by atoms with E-state index in [0.717, 1.165) is 11.6 Å². The van der Waals surface area contributed by atoms with Gasteiger partial charge >= 0.3 is 0 Å². The van der Waals surface area contributed by atoms with Crippen LogP contribution in [0.3, 0.4) is 0 Å². The maximum atomic E-state index is 13.5. The molecule has 2 aromatic heterocycles. The topological polar surface area (TPSA) is 66.0 Å². The van der Waals surface area contributed by atoms with Crippen LogP contribution in [-0.4, -0.2) is 14.8 Å². The summed E-state index contributed by atoms with van der Waals surface area (Å²) in [4.78, 5) is 4.26. The number of pyridine rings is 1. The normalized spacial score (nSPS) is 10.7. The average Bonchev–Trinajstić information content (AvgIpc) is 2.92. The van der Waals surface area contributed by atoms with Crippen molar-refractivity contribution in [3.63, 3.8) is 0 Å². The van der Waals surface area contributed by atoms with E-state index in [1.54, 1.807) is 29.2 Å². The number of hydrogen-bond donors (Lipinski definition) is 1. The van der Waals surface area contributed by atoms with E-state index in [1.165, 1.54) is 6.07 Å². The molecule has 5 nitrogen and oxygen atoms in total. The third kappa shape index (κ3) is 2.87. The number of nitrogen functional groups attached to an aromatic ring is 1. The third-order valence-corrected chi connectivity index (χ3v) is 3.31. The second-order valence-electron chi connectivity index (χ2n) is 4.69. The van der Waals surface area contributed by atoms with E-state index in [2.05, 4.69) is 10.1 Å². The van der Waals surface area contributed by atoms with Gasteiger partial charge in [-0.1, -0.05) is 11.6 Å². The zero-order chi connectivity index (χ0) is 15.7. The Labute approximate surface area is 131 Å². The van der Waals surface area contributed by atoms with Crippen molar-refractivity contribution in [3.05, 3.63) is 53.7 Å². The Balaban J connectivity index is 1.92. The van der Waals surface area contributed by atoms with E-state index in [9.17, 15) is 4.39 Å². The summed E-state index contributed by atoms with van der Waals surface area (Å²) in [5, 5.41) is 4.33. The van der Waals surface area contributed by atoms with Gasteiger partial charge in [-0.2, -0.15) is 5.10 Å². The minimum Gasteiger partial charge on any atom is -0.456 e. The fraction of sp³-hybridized carbons (Fsp3) is 0.0667. The molecule has 2 heterocycles. The van der Waals surface area contributed by atoms with Crippen LogP contribution in [0.15, 0.2) is 42.9 Å². The van der Waals surface area contributed by atoms with Gasteiger partial charge in [0, 0.05) is 37.1 Å². The largest absolute Gasteiger partial charge is 0.456 e. The summed E-state index contributed by atoms with van der Waals surface area (Å²) in [6.45, 7) is 0. The summed E-state index contributed by atoms with van der Waals surface area (Å²) in [7, 11) is 1.82. The first-order valence-electron chi connectivity index (χ1n) is 6.40. The zero-order valence-corrected chi connectivity index (χ0v) is 12.4. The molecule has 3 aromatic rings. The number of rotatable bonds is 3. The lowest BCUT2D eigenvalue weighted by molar-refractivity contribution is 0.477. The molecule has 0 amide bonds. The standard InChI is InChI=1S/C15H12ClFN4O/c1-21-8-9(7-20-21)14-4-10(2-3-19-14)22-15-6-12(17)13(18)5-11(15)16/h2-8H,18H2,1H3. The van der Waals surface area contributed by atoms with Gasteiger partial charge in [-0.3, -0.25) is 9.67 Å². The van der Waals surface area contributed by atoms with Crippen LogP contribution in [0.25, 0.3) is 11.3 Å². The van der Waals surface area contributed by atoms with Gasteiger partial charge in [0.05, 0.1) is 22.6 Å². The zero-order valence-electron chi connectivity index (χ0n) is 11.6. The smallest absolute Gasteiger partial charge is 0.149 e. The van der Waals surface area contributed by atoms with E-state index in [1.807, 2.05) is 13.2 Å². The van der Waals surface area contributed by atoms with Crippen molar-refractivity contribution in [2.45, 2.75) is 0 Å². The Hall–Kier alpha value is -2.60. The lowest BCUT2D eigenvalue weighted by Gasteiger charge is -2.09. The average molecular weight is 319 g/mol. The molecular weight excluding hydrogens is 307 g/mol. The molecule has 3 rings (SSSR count). The fourth-order valence-electron chi connectivity index (χ4n) is 1.94. The predicted octanol–water partition coefficient (Wildman–Crippen LogP) is 3.65. The highest BCUT2D eigenvalue weighted by molar-refractivity contribution is 6.32. The first-order valence-corrected chi connectivity index (χ1v) is 6.78. The van der Waals surface area contributed by atoms with Crippen molar-refractivity contribution >= 4 is 17.3 Å². The number of aryl methyl sites for hydroxylation is 1. The van der Waals surface area contributed by atoms with Gasteiger partial charge in [-0.05, 0) is 12.1 Å². The van der Waals surface area contributed by atoms with Crippen molar-refractivity contribution in [3.8, 4) is 22.8 Å². The number of ether oxygens (including phenoxy) is 1. The Bertz CT molecular complexity index is 834. The number of anilines is 1. The van der Waals surface area contributed by atoms with Gasteiger partial charge in [-0.15, -0.1) is 0 Å². The van der Waals surface area contributed by atoms with Gasteiger partial charge in [0.2, 0.25) is 0 Å². The quantitative estimate of drug-likeness (QED) is 0.749. The van der Waals surface area contributed by atoms with Gasteiger partial charge in [0.15, 0.2) is 0 Å². The highest BCUT2D eigenvalue weighted by Gasteiger charge is 2.10. The Morgan fingerprint density at radius 3 is 2.86 bits per heavy atom. The molecule has 0 aliphatic rings. The number of benzene rings is 1. The van der Waals surface area contributed by atoms with Gasteiger partial charge < -0.3 is 10.5 Å². The van der Waals surface area contributed by atoms with Crippen molar-refractivity contribution in [2.24, 2.45) is 7.05 Å². The SMILES string of the molecule is Cn1cc(-c2cc(Oc3cc(F)c(N)cc3Cl)ccn2)cn1. The summed E-state index contributed by atoms with van der Waals surface area (Å²) in [6.07, 6.45) is 5.13. The third-order valence-electron chi connectivity index (χ3n) is 3.01. The van der Waals surface area contributed by atoms with Crippen LogP contribution in [0, 0.1) is 5.82 Å². The summed E-state index contributed by atoms with van der Waals surface area (Å²) < 4.78 is 20.8. The number of aromatic nitrogens is 3. The van der Waals surface area contributed by atoms with Crippen molar-refractivity contribution in [1.82, 2.24) is 14.8 Å². The molecule has 112 valence electrons. The molecule has 0 spiro atoms. The number of nitrogens with two attached hydrogens (primary N) is 1. The van der Waals surface area contributed by atoms with E-state index in [4.69, 9.17) is 22.1 Å². The summed E-state index contributed by atoms with van der Waals surface area (Å²) in [5.74, 6) is 0.0950. The van der Waals surface area contributed by atoms with E-state index in [0.29, 0.717) is 11.4 Å². The first kappa shape index (κ1) is 14.3. The van der Waals surface area contributed by atoms with Crippen molar-refractivity contribution in [1.29, 1.82) is 0 Å². The minimum absolute atomic E-state index is 0.0249. The molecule has 0 atom stereocenters. The molecule has 0 saturated carbocycles. The summed E-state index contributed by atoms with van der Waals surface area (Å²) in [6, 6.07) is 5.85. The number of hydrogen-bond acceptors (Lipinski definition) is 4. The molecule has 7 heteroatoms. The van der Waals surface area contributed by atoms with Crippen LogP contribution >= 0.6 is 11.6 Å². The molecule has 2 N–H and O–H groups in total. The van der Waals surface area contributed by atoms with Gasteiger partial charge in [0.25, 0.3) is 0 Å². The summed E-state index contributed by atoms with van der Waals surface area (Å²) >= 11 is 6.01. The predicted molar refractivity (Wildman–Crippen MR) is 82.3 cm³/mol. The van der Waals surface area contributed by atoms with Gasteiger partial charge in [0.1, 0.15) is 17.3 Å².